The number of aromatic nitrogens is 3. The molecule has 1 saturated heterocycles. The van der Waals surface area contributed by atoms with Gasteiger partial charge in [0.2, 0.25) is 0 Å². The van der Waals surface area contributed by atoms with Crippen molar-refractivity contribution in [3.05, 3.63) is 59.2 Å². The Hall–Kier alpha value is -3.46. The molecule has 1 aromatic carbocycles. The van der Waals surface area contributed by atoms with Crippen LogP contribution in [0.15, 0.2) is 30.6 Å². The van der Waals surface area contributed by atoms with E-state index >= 15 is 4.39 Å². The van der Waals surface area contributed by atoms with E-state index in [0.29, 0.717) is 17.3 Å². The first-order chi connectivity index (χ1) is 15.7. The predicted molar refractivity (Wildman–Crippen MR) is 125 cm³/mol. The first-order valence-electron chi connectivity index (χ1n) is 10.9. The summed E-state index contributed by atoms with van der Waals surface area (Å²) in [6.07, 6.45) is 4.21. The number of H-pyrrole nitrogens is 1. The van der Waals surface area contributed by atoms with Crippen molar-refractivity contribution >= 4 is 33.8 Å². The quantitative estimate of drug-likeness (QED) is 0.489. The van der Waals surface area contributed by atoms with Crippen LogP contribution < -0.4 is 10.2 Å². The number of amides is 1. The summed E-state index contributed by atoms with van der Waals surface area (Å²) in [6, 6.07) is 4.95. The number of anilines is 2. The molecule has 0 unspecified atom stereocenters. The number of likely N-dealkylation sites (N-methyl/N-ethyl adjacent to an activating group) is 1. The lowest BCUT2D eigenvalue weighted by Crippen LogP contribution is -2.31. The first kappa shape index (κ1) is 21.4. The third-order valence-electron chi connectivity index (χ3n) is 6.33. The summed E-state index contributed by atoms with van der Waals surface area (Å²) < 4.78 is 31.3. The maximum atomic E-state index is 15.4. The van der Waals surface area contributed by atoms with Gasteiger partial charge in [-0.1, -0.05) is 0 Å². The van der Waals surface area contributed by atoms with E-state index in [1.165, 1.54) is 16.5 Å². The third-order valence-corrected chi connectivity index (χ3v) is 6.33. The van der Waals surface area contributed by atoms with Crippen molar-refractivity contribution in [2.75, 3.05) is 37.4 Å². The lowest BCUT2D eigenvalue weighted by Gasteiger charge is -2.23. The van der Waals surface area contributed by atoms with Gasteiger partial charge in [-0.25, -0.2) is 13.8 Å². The van der Waals surface area contributed by atoms with E-state index in [-0.39, 0.29) is 16.9 Å². The molecule has 0 spiro atoms. The third kappa shape index (κ3) is 3.72. The fourth-order valence-electron chi connectivity index (χ4n) is 4.68. The molecule has 1 amide bonds. The summed E-state index contributed by atoms with van der Waals surface area (Å²) in [4.78, 5) is 24.7. The normalized spacial score (nSPS) is 16.5. The molecule has 0 radical (unpaired) electrons. The zero-order valence-electron chi connectivity index (χ0n) is 19.0. The molecule has 4 heterocycles. The highest BCUT2D eigenvalue weighted by molar-refractivity contribution is 6.14. The molecule has 1 fully saturated rings. The number of fused-ring (bicyclic) bond motifs is 2. The Kier molecular flexibility index (Phi) is 5.08. The van der Waals surface area contributed by atoms with Crippen molar-refractivity contribution < 1.29 is 13.6 Å². The summed E-state index contributed by atoms with van der Waals surface area (Å²) in [5.41, 5.74) is 2.99. The van der Waals surface area contributed by atoms with Gasteiger partial charge >= 0.3 is 0 Å². The zero-order chi connectivity index (χ0) is 23.4. The van der Waals surface area contributed by atoms with E-state index in [4.69, 9.17) is 0 Å². The number of nitrogens with one attached hydrogen (secondary N) is 2. The Balaban J connectivity index is 1.52. The van der Waals surface area contributed by atoms with E-state index < -0.39 is 17.5 Å². The van der Waals surface area contributed by atoms with Crippen molar-refractivity contribution in [3.63, 3.8) is 0 Å². The van der Waals surface area contributed by atoms with Gasteiger partial charge < -0.3 is 24.5 Å². The van der Waals surface area contributed by atoms with Gasteiger partial charge in [0, 0.05) is 54.4 Å². The number of hydrogen-bond donors (Lipinski definition) is 2. The van der Waals surface area contributed by atoms with Gasteiger partial charge in [-0.3, -0.25) is 4.79 Å². The molecule has 0 saturated carbocycles. The van der Waals surface area contributed by atoms with Gasteiger partial charge in [0.25, 0.3) is 5.91 Å². The number of nitrogens with zero attached hydrogens (tertiary/aromatic N) is 4. The number of carbonyl (C=O) groups is 1. The summed E-state index contributed by atoms with van der Waals surface area (Å²) in [6.45, 7) is 5.24. The van der Waals surface area contributed by atoms with Crippen LogP contribution >= 0.6 is 0 Å². The standard InChI is InChI=1S/C24H26F2N6O/c1-13-7-17-20(31-6-5-16(12-31)30(3)4)9-18(25)21(22(17)27-13)24(33)29-15-8-19(26)23-28-14(2)10-32(23)11-15/h7-11,16,27H,5-6,12H2,1-4H3,(H,29,33)/t16-/m1/s1. The lowest BCUT2D eigenvalue weighted by molar-refractivity contribution is 0.102. The number of aromatic amines is 1. The molecular formula is C24H26F2N6O. The van der Waals surface area contributed by atoms with Crippen LogP contribution in [-0.4, -0.2) is 58.4 Å². The molecule has 0 aliphatic carbocycles. The van der Waals surface area contributed by atoms with Crippen LogP contribution in [0, 0.1) is 25.5 Å². The molecule has 33 heavy (non-hydrogen) atoms. The number of pyridine rings is 1. The fourth-order valence-corrected chi connectivity index (χ4v) is 4.68. The molecule has 172 valence electrons. The summed E-state index contributed by atoms with van der Waals surface area (Å²) in [5.74, 6) is -1.83. The van der Waals surface area contributed by atoms with Gasteiger partial charge in [-0.15, -0.1) is 0 Å². The summed E-state index contributed by atoms with van der Waals surface area (Å²) in [7, 11) is 4.09. The Morgan fingerprint density at radius 1 is 1.18 bits per heavy atom. The molecule has 3 aromatic heterocycles. The maximum absolute atomic E-state index is 15.4. The SMILES string of the molecule is Cc1cn2cc(NC(=O)c3c(F)cc(N4CC[C@@H](N(C)C)C4)c4cc(C)[nH]c34)cc(F)c2n1. The largest absolute Gasteiger partial charge is 0.369 e. The number of imidazole rings is 1. The number of aryl methyl sites for hydroxylation is 2. The second-order valence-electron chi connectivity index (χ2n) is 8.99. The highest BCUT2D eigenvalue weighted by atomic mass is 19.1. The van der Waals surface area contributed by atoms with Crippen molar-refractivity contribution in [1.82, 2.24) is 19.3 Å². The Morgan fingerprint density at radius 2 is 1.97 bits per heavy atom. The van der Waals surface area contributed by atoms with Crippen LogP contribution in [0.25, 0.3) is 16.6 Å². The highest BCUT2D eigenvalue weighted by Gasteiger charge is 2.28. The topological polar surface area (TPSA) is 68.7 Å². The van der Waals surface area contributed by atoms with Crippen molar-refractivity contribution in [3.8, 4) is 0 Å². The molecule has 1 aliphatic heterocycles. The Labute approximate surface area is 190 Å². The van der Waals surface area contributed by atoms with E-state index in [1.54, 1.807) is 19.3 Å². The van der Waals surface area contributed by atoms with E-state index in [9.17, 15) is 9.18 Å². The van der Waals surface area contributed by atoms with Crippen LogP contribution in [0.3, 0.4) is 0 Å². The van der Waals surface area contributed by atoms with Crippen LogP contribution in [0.1, 0.15) is 28.2 Å². The van der Waals surface area contributed by atoms with Gasteiger partial charge in [0.15, 0.2) is 11.5 Å². The van der Waals surface area contributed by atoms with E-state index in [1.807, 2.05) is 27.1 Å². The molecule has 2 N–H and O–H groups in total. The van der Waals surface area contributed by atoms with Gasteiger partial charge in [0.1, 0.15) is 5.82 Å². The van der Waals surface area contributed by atoms with E-state index in [2.05, 4.69) is 25.1 Å². The van der Waals surface area contributed by atoms with Crippen molar-refractivity contribution in [1.29, 1.82) is 0 Å². The average Bonchev–Trinajstić information content (AvgIpc) is 3.44. The van der Waals surface area contributed by atoms with Crippen molar-refractivity contribution in [2.45, 2.75) is 26.3 Å². The van der Waals surface area contributed by atoms with Gasteiger partial charge in [-0.2, -0.15) is 0 Å². The van der Waals surface area contributed by atoms with Gasteiger partial charge in [0.05, 0.1) is 22.5 Å². The van der Waals surface area contributed by atoms with Crippen LogP contribution in [0.4, 0.5) is 20.2 Å². The monoisotopic (exact) mass is 452 g/mol. The number of benzene rings is 1. The molecule has 1 aliphatic rings. The molecule has 5 rings (SSSR count). The fraction of sp³-hybridized carbons (Fsp3) is 0.333. The zero-order valence-corrected chi connectivity index (χ0v) is 19.0. The smallest absolute Gasteiger partial charge is 0.260 e. The second kappa shape index (κ2) is 7.84. The lowest BCUT2D eigenvalue weighted by atomic mass is 10.1. The summed E-state index contributed by atoms with van der Waals surface area (Å²) >= 11 is 0. The number of rotatable bonds is 4. The van der Waals surface area contributed by atoms with Crippen molar-refractivity contribution in [2.24, 2.45) is 0 Å². The van der Waals surface area contributed by atoms with Crippen LogP contribution in [0.2, 0.25) is 0 Å². The Morgan fingerprint density at radius 3 is 2.70 bits per heavy atom. The van der Waals surface area contributed by atoms with E-state index in [0.717, 1.165) is 36.3 Å². The first-order valence-corrected chi connectivity index (χ1v) is 10.9. The highest BCUT2D eigenvalue weighted by Crippen LogP contribution is 2.35. The number of hydrogen-bond acceptors (Lipinski definition) is 4. The second-order valence-corrected chi connectivity index (χ2v) is 8.99. The number of carbonyl (C=O) groups excluding carboxylic acids is 1. The molecule has 0 bridgehead atoms. The predicted octanol–water partition coefficient (Wildman–Crippen LogP) is 4.10. The van der Waals surface area contributed by atoms with Crippen LogP contribution in [0.5, 0.6) is 0 Å². The molecular weight excluding hydrogens is 426 g/mol. The maximum Gasteiger partial charge on any atom is 0.260 e. The summed E-state index contributed by atoms with van der Waals surface area (Å²) in [5, 5.41) is 3.44. The minimum Gasteiger partial charge on any atom is -0.369 e. The molecule has 7 nitrogen and oxygen atoms in total. The Bertz CT molecular complexity index is 1390. The molecule has 1 atom stereocenters. The molecule has 9 heteroatoms. The van der Waals surface area contributed by atoms with Crippen LogP contribution in [-0.2, 0) is 0 Å². The minimum atomic E-state index is -0.644. The van der Waals surface area contributed by atoms with Gasteiger partial charge in [-0.05, 0) is 46.5 Å². The molecule has 4 aromatic rings. The average molecular weight is 453 g/mol. The minimum absolute atomic E-state index is 0.0903. The number of halogens is 2.